The third kappa shape index (κ3) is 4.94. The Labute approximate surface area is 214 Å². The van der Waals surface area contributed by atoms with E-state index in [1.165, 1.54) is 32.4 Å². The second-order valence-corrected chi connectivity index (χ2v) is 11.8. The van der Waals surface area contributed by atoms with Crippen molar-refractivity contribution in [2.75, 3.05) is 26.2 Å². The van der Waals surface area contributed by atoms with E-state index in [1.54, 1.807) is 0 Å². The van der Waals surface area contributed by atoms with Gasteiger partial charge in [0, 0.05) is 40.6 Å². The molecule has 3 heterocycles. The molecule has 4 nitrogen and oxygen atoms in total. The molecule has 1 aromatic carbocycles. The standard InChI is InChI=1S/C27H33Br2N3O/c1-17-2-4-22-23(26(17)29)5-3-20-15-21(28)16-31-27(20)25(22)19-8-12-32(13-9-19)24(33)14-18-6-10-30-11-7-18/h2,4,15-16,18-19,25,30H,3,5-14H2,1H3. The summed E-state index contributed by atoms with van der Waals surface area (Å²) >= 11 is 7.54. The molecule has 0 radical (unpaired) electrons. The highest BCUT2D eigenvalue weighted by molar-refractivity contribution is 9.10. The lowest BCUT2D eigenvalue weighted by molar-refractivity contribution is -0.133. The van der Waals surface area contributed by atoms with Gasteiger partial charge in [0.2, 0.25) is 5.91 Å². The Morgan fingerprint density at radius 2 is 1.88 bits per heavy atom. The number of carbonyl (C=O) groups excluding carboxylic acids is 1. The second kappa shape index (κ2) is 10.2. The normalized spacial score (nSPS) is 21.9. The van der Waals surface area contributed by atoms with Crippen molar-refractivity contribution in [3.8, 4) is 0 Å². The summed E-state index contributed by atoms with van der Waals surface area (Å²) in [6, 6.07) is 6.85. The van der Waals surface area contributed by atoms with Crippen molar-refractivity contribution in [3.63, 3.8) is 0 Å². The van der Waals surface area contributed by atoms with Gasteiger partial charge in [-0.2, -0.15) is 0 Å². The molecule has 1 unspecified atom stereocenters. The molecular formula is C27H33Br2N3O. The molecule has 0 saturated carbocycles. The predicted molar refractivity (Wildman–Crippen MR) is 140 cm³/mol. The number of likely N-dealkylation sites (tertiary alicyclic amines) is 1. The van der Waals surface area contributed by atoms with E-state index in [-0.39, 0.29) is 0 Å². The number of aromatic nitrogens is 1. The summed E-state index contributed by atoms with van der Waals surface area (Å²) in [4.78, 5) is 20.1. The van der Waals surface area contributed by atoms with Crippen molar-refractivity contribution < 1.29 is 4.79 Å². The molecule has 2 saturated heterocycles. The summed E-state index contributed by atoms with van der Waals surface area (Å²) < 4.78 is 2.31. The van der Waals surface area contributed by atoms with Gasteiger partial charge in [-0.1, -0.05) is 28.1 Å². The number of benzene rings is 1. The minimum Gasteiger partial charge on any atom is -0.343 e. The molecule has 0 spiro atoms. The number of piperidine rings is 2. The lowest BCUT2D eigenvalue weighted by atomic mass is 9.76. The van der Waals surface area contributed by atoms with Gasteiger partial charge in [-0.05, 0) is 115 Å². The molecule has 1 amide bonds. The van der Waals surface area contributed by atoms with Gasteiger partial charge < -0.3 is 10.2 Å². The molecule has 2 aromatic rings. The average molecular weight is 575 g/mol. The quantitative estimate of drug-likeness (QED) is 0.506. The topological polar surface area (TPSA) is 45.2 Å². The first-order valence-electron chi connectivity index (χ1n) is 12.4. The summed E-state index contributed by atoms with van der Waals surface area (Å²) in [6.45, 7) is 6.04. The van der Waals surface area contributed by atoms with E-state index >= 15 is 0 Å². The fraction of sp³-hybridized carbons (Fsp3) is 0.556. The number of aryl methyl sites for hydroxylation is 2. The molecule has 6 heteroatoms. The van der Waals surface area contributed by atoms with Gasteiger partial charge in [-0.3, -0.25) is 9.78 Å². The molecule has 5 rings (SSSR count). The maximum absolute atomic E-state index is 13.0. The van der Waals surface area contributed by atoms with E-state index in [2.05, 4.69) is 67.2 Å². The first-order valence-corrected chi connectivity index (χ1v) is 14.0. The van der Waals surface area contributed by atoms with Gasteiger partial charge in [-0.15, -0.1) is 0 Å². The number of hydrogen-bond donors (Lipinski definition) is 1. The van der Waals surface area contributed by atoms with Gasteiger partial charge in [0.15, 0.2) is 0 Å². The molecule has 1 atom stereocenters. The van der Waals surface area contributed by atoms with Crippen LogP contribution < -0.4 is 5.32 Å². The van der Waals surface area contributed by atoms with Crippen molar-refractivity contribution in [1.29, 1.82) is 0 Å². The molecular weight excluding hydrogens is 542 g/mol. The number of fused-ring (bicyclic) bond motifs is 2. The molecule has 1 N–H and O–H groups in total. The van der Waals surface area contributed by atoms with Gasteiger partial charge in [-0.25, -0.2) is 0 Å². The third-order valence-corrected chi connectivity index (χ3v) is 9.54. The van der Waals surface area contributed by atoms with Crippen LogP contribution in [0.2, 0.25) is 0 Å². The highest BCUT2D eigenvalue weighted by Crippen LogP contribution is 2.44. The molecule has 33 heavy (non-hydrogen) atoms. The zero-order chi connectivity index (χ0) is 22.9. The lowest BCUT2D eigenvalue weighted by Crippen LogP contribution is -2.41. The Morgan fingerprint density at radius 3 is 2.64 bits per heavy atom. The number of nitrogens with one attached hydrogen (secondary N) is 1. The van der Waals surface area contributed by atoms with Crippen LogP contribution in [-0.2, 0) is 17.6 Å². The van der Waals surface area contributed by atoms with Crippen molar-refractivity contribution in [2.45, 2.75) is 57.8 Å². The summed E-state index contributed by atoms with van der Waals surface area (Å²) in [5.41, 5.74) is 6.77. The molecule has 1 aliphatic carbocycles. The zero-order valence-electron chi connectivity index (χ0n) is 19.4. The number of halogens is 2. The van der Waals surface area contributed by atoms with Gasteiger partial charge >= 0.3 is 0 Å². The Bertz CT molecular complexity index is 1030. The second-order valence-electron chi connectivity index (χ2n) is 10.1. The van der Waals surface area contributed by atoms with Gasteiger partial charge in [0.05, 0.1) is 5.69 Å². The van der Waals surface area contributed by atoms with Gasteiger partial charge in [0.1, 0.15) is 0 Å². The number of carbonyl (C=O) groups is 1. The first kappa shape index (κ1) is 23.5. The SMILES string of the molecule is Cc1ccc2c(c1Br)CCc1cc(Br)cnc1C2C1CCN(C(=O)CC2CCNCC2)CC1. The lowest BCUT2D eigenvalue weighted by Gasteiger charge is -2.37. The average Bonchev–Trinajstić information content (AvgIpc) is 2.99. The molecule has 1 aromatic heterocycles. The highest BCUT2D eigenvalue weighted by atomic mass is 79.9. The minimum atomic E-state index is 0.296. The van der Waals surface area contributed by atoms with E-state index in [9.17, 15) is 4.79 Å². The van der Waals surface area contributed by atoms with Crippen LogP contribution in [0.1, 0.15) is 66.0 Å². The summed E-state index contributed by atoms with van der Waals surface area (Å²) in [6.07, 6.45) is 9.09. The van der Waals surface area contributed by atoms with Crippen molar-refractivity contribution >= 4 is 37.8 Å². The van der Waals surface area contributed by atoms with Crippen LogP contribution in [0.3, 0.4) is 0 Å². The first-order chi connectivity index (χ1) is 16.0. The van der Waals surface area contributed by atoms with E-state index < -0.39 is 0 Å². The monoisotopic (exact) mass is 573 g/mol. The van der Waals surface area contributed by atoms with E-state index in [1.807, 2.05) is 6.20 Å². The van der Waals surface area contributed by atoms with Crippen molar-refractivity contribution in [1.82, 2.24) is 15.2 Å². The van der Waals surface area contributed by atoms with Crippen molar-refractivity contribution in [2.24, 2.45) is 11.8 Å². The molecule has 176 valence electrons. The minimum absolute atomic E-state index is 0.296. The summed E-state index contributed by atoms with van der Waals surface area (Å²) in [5.74, 6) is 1.72. The Morgan fingerprint density at radius 1 is 1.12 bits per heavy atom. The van der Waals surface area contributed by atoms with Crippen LogP contribution in [-0.4, -0.2) is 42.0 Å². The Balaban J connectivity index is 1.38. The van der Waals surface area contributed by atoms with E-state index in [4.69, 9.17) is 4.98 Å². The van der Waals surface area contributed by atoms with E-state index in [0.717, 1.165) is 75.6 Å². The van der Waals surface area contributed by atoms with Gasteiger partial charge in [0.25, 0.3) is 0 Å². The number of rotatable bonds is 3. The number of nitrogens with zero attached hydrogens (tertiary/aromatic N) is 2. The molecule has 2 fully saturated rings. The number of hydrogen-bond acceptors (Lipinski definition) is 3. The smallest absolute Gasteiger partial charge is 0.222 e. The molecule has 3 aliphatic rings. The van der Waals surface area contributed by atoms with Crippen LogP contribution in [0.15, 0.2) is 33.3 Å². The third-order valence-electron chi connectivity index (χ3n) is 8.00. The summed E-state index contributed by atoms with van der Waals surface area (Å²) in [7, 11) is 0. The summed E-state index contributed by atoms with van der Waals surface area (Å²) in [5, 5.41) is 3.40. The fourth-order valence-corrected chi connectivity index (χ4v) is 7.04. The van der Waals surface area contributed by atoms with Crippen LogP contribution in [0.25, 0.3) is 0 Å². The highest BCUT2D eigenvalue weighted by Gasteiger charge is 2.36. The molecule has 2 aliphatic heterocycles. The van der Waals surface area contributed by atoms with E-state index in [0.29, 0.717) is 23.7 Å². The maximum atomic E-state index is 13.0. The van der Waals surface area contributed by atoms with Crippen LogP contribution >= 0.6 is 31.9 Å². The van der Waals surface area contributed by atoms with Crippen LogP contribution in [0.4, 0.5) is 0 Å². The fourth-order valence-electron chi connectivity index (χ4n) is 6.10. The largest absolute Gasteiger partial charge is 0.343 e. The Hall–Kier alpha value is -1.24. The van der Waals surface area contributed by atoms with Crippen LogP contribution in [0, 0.1) is 18.8 Å². The van der Waals surface area contributed by atoms with Crippen LogP contribution in [0.5, 0.6) is 0 Å². The maximum Gasteiger partial charge on any atom is 0.222 e. The Kier molecular flexibility index (Phi) is 7.24. The number of pyridine rings is 1. The number of amides is 1. The van der Waals surface area contributed by atoms with Crippen molar-refractivity contribution in [3.05, 3.63) is 61.3 Å². The predicted octanol–water partition coefficient (Wildman–Crippen LogP) is 5.77. The molecule has 0 bridgehead atoms. The zero-order valence-corrected chi connectivity index (χ0v) is 22.6.